The van der Waals surface area contributed by atoms with Crippen LogP contribution in [0.3, 0.4) is 0 Å². The first-order valence-electron chi connectivity index (χ1n) is 40.8. The molecule has 0 saturated carbocycles. The third-order valence-electron chi connectivity index (χ3n) is 24.3. The molecule has 0 aliphatic carbocycles. The number of nitrogens with zero attached hydrogens (tertiary/aromatic N) is 4. The molecule has 14 aromatic carbocycles. The summed E-state index contributed by atoms with van der Waals surface area (Å²) in [7, 11) is 0. The fourth-order valence-electron chi connectivity index (χ4n) is 18.0. The number of para-hydroxylation sites is 3. The van der Waals surface area contributed by atoms with Crippen LogP contribution in [0, 0.1) is 0 Å². The third kappa shape index (κ3) is 12.4. The van der Waals surface area contributed by atoms with Gasteiger partial charge >= 0.3 is 0 Å². The highest BCUT2D eigenvalue weighted by molar-refractivity contribution is 7.00. The van der Waals surface area contributed by atoms with Gasteiger partial charge in [-0.05, 0) is 195 Å². The van der Waals surface area contributed by atoms with Gasteiger partial charge in [-0.25, -0.2) is 0 Å². The van der Waals surface area contributed by atoms with Gasteiger partial charge in [0, 0.05) is 66.5 Å². The number of anilines is 6. The molecule has 558 valence electrons. The lowest BCUT2D eigenvalue weighted by atomic mass is 9.33. The van der Waals surface area contributed by atoms with Crippen molar-refractivity contribution in [3.05, 3.63) is 331 Å². The number of fused-ring (bicyclic) bond motifs is 11. The van der Waals surface area contributed by atoms with Gasteiger partial charge in [0.2, 0.25) is 0 Å². The van der Waals surface area contributed by atoms with Gasteiger partial charge in [-0.2, -0.15) is 0 Å². The molecule has 0 bridgehead atoms. The molecule has 0 saturated heterocycles. The van der Waals surface area contributed by atoms with Gasteiger partial charge in [0.1, 0.15) is 0 Å². The van der Waals surface area contributed by atoms with E-state index in [1.165, 1.54) is 88.1 Å². The summed E-state index contributed by atoms with van der Waals surface area (Å²) < 4.78 is 5.19. The second kappa shape index (κ2) is 26.5. The molecule has 4 nitrogen and oxygen atoms in total. The molecule has 16 aromatic rings. The van der Waals surface area contributed by atoms with Crippen molar-refractivity contribution in [3.8, 4) is 67.0 Å². The van der Waals surface area contributed by atoms with Crippen LogP contribution in [0.1, 0.15) is 158 Å². The molecule has 0 spiro atoms. The van der Waals surface area contributed by atoms with E-state index in [-0.39, 0.29) is 39.2 Å². The van der Waals surface area contributed by atoms with Crippen LogP contribution >= 0.6 is 0 Å². The second-order valence-electron chi connectivity index (χ2n) is 38.3. The second-order valence-corrected chi connectivity index (χ2v) is 38.3. The quantitative estimate of drug-likeness (QED) is 0.134. The van der Waals surface area contributed by atoms with Crippen LogP contribution in [-0.2, 0) is 32.5 Å². The van der Waals surface area contributed by atoms with Crippen molar-refractivity contribution in [1.82, 2.24) is 9.13 Å². The van der Waals surface area contributed by atoms with Crippen LogP contribution in [0.2, 0.25) is 0 Å². The Kier molecular flexibility index (Phi) is 17.1. The van der Waals surface area contributed by atoms with Gasteiger partial charge in [-0.15, -0.1) is 0 Å². The molecule has 2 aliphatic heterocycles. The molecular weight excluding hydrogens is 1360 g/mol. The zero-order valence-electron chi connectivity index (χ0n) is 69.2. The van der Waals surface area contributed by atoms with Crippen molar-refractivity contribution in [2.24, 2.45) is 0 Å². The minimum Gasteiger partial charge on any atom is -0.310 e. The Balaban J connectivity index is 1.10. The van der Waals surface area contributed by atoms with Crippen molar-refractivity contribution < 1.29 is 0 Å². The Labute approximate surface area is 670 Å². The summed E-state index contributed by atoms with van der Waals surface area (Å²) in [5.74, 6) is 0. The van der Waals surface area contributed by atoms with Gasteiger partial charge in [-0.1, -0.05) is 343 Å². The molecule has 4 heterocycles. The Morgan fingerprint density at radius 3 is 0.965 bits per heavy atom. The van der Waals surface area contributed by atoms with Crippen LogP contribution in [0.25, 0.3) is 111 Å². The zero-order valence-corrected chi connectivity index (χ0v) is 69.2. The lowest BCUT2D eigenvalue weighted by Crippen LogP contribution is -2.61. The van der Waals surface area contributed by atoms with E-state index in [0.717, 1.165) is 106 Å². The van der Waals surface area contributed by atoms with Crippen LogP contribution in [0.15, 0.2) is 297 Å². The van der Waals surface area contributed by atoms with Crippen molar-refractivity contribution in [1.29, 1.82) is 0 Å². The molecular formula is C108H103BN4. The maximum absolute atomic E-state index is 2.81. The summed E-state index contributed by atoms with van der Waals surface area (Å²) in [6.07, 6.45) is 0. The maximum atomic E-state index is 2.81. The van der Waals surface area contributed by atoms with Crippen LogP contribution in [0.5, 0.6) is 0 Å². The Hall–Kier alpha value is -11.7. The molecule has 5 heteroatoms. The molecule has 0 N–H and O–H groups in total. The summed E-state index contributed by atoms with van der Waals surface area (Å²) in [4.78, 5) is 5.58. The van der Waals surface area contributed by atoms with E-state index >= 15 is 0 Å². The molecule has 0 amide bonds. The van der Waals surface area contributed by atoms with Crippen molar-refractivity contribution in [3.63, 3.8) is 0 Å². The maximum Gasteiger partial charge on any atom is 0.252 e. The van der Waals surface area contributed by atoms with E-state index in [9.17, 15) is 0 Å². The minimum absolute atomic E-state index is 0.122. The molecule has 18 rings (SSSR count). The third-order valence-corrected chi connectivity index (χ3v) is 24.3. The zero-order chi connectivity index (χ0) is 78.7. The SMILES string of the molecule is CC(C)(C)c1cc(-c2ccc3c(c2)N(c2c(-c4ccccc4)cc(C(C)(C)C)cc2-c2ccccc2)c2cc(-n4c5ccccc5c5ccccc54)cc4c2B3c2ccc3c(c2N4c2c(-c4ccccc4)cc(C(C)(C)C)cc2-c2ccccc2)c2ccccc2n3-c2cc(C(C)(C)C)cc(C(C)(C)C)c2)cc(C(C)(C)C)c1. The first-order valence-corrected chi connectivity index (χ1v) is 40.8. The summed E-state index contributed by atoms with van der Waals surface area (Å²) in [6.45, 7) is 42.3. The van der Waals surface area contributed by atoms with E-state index < -0.39 is 0 Å². The van der Waals surface area contributed by atoms with Crippen LogP contribution < -0.4 is 26.2 Å². The summed E-state index contributed by atoms with van der Waals surface area (Å²) in [5.41, 5.74) is 35.8. The van der Waals surface area contributed by atoms with E-state index in [4.69, 9.17) is 0 Å². The fraction of sp³-hybridized carbons (Fsp3) is 0.222. The van der Waals surface area contributed by atoms with Crippen molar-refractivity contribution in [2.45, 2.75) is 157 Å². The summed E-state index contributed by atoms with van der Waals surface area (Å²) >= 11 is 0. The van der Waals surface area contributed by atoms with Gasteiger partial charge < -0.3 is 18.9 Å². The topological polar surface area (TPSA) is 16.3 Å². The van der Waals surface area contributed by atoms with Gasteiger partial charge in [-0.3, -0.25) is 0 Å². The normalized spacial score (nSPS) is 13.3. The minimum atomic E-state index is -0.309. The fourth-order valence-corrected chi connectivity index (χ4v) is 18.0. The number of benzene rings is 14. The predicted molar refractivity (Wildman–Crippen MR) is 489 cm³/mol. The van der Waals surface area contributed by atoms with Gasteiger partial charge in [0.05, 0.1) is 44.8 Å². The highest BCUT2D eigenvalue weighted by Gasteiger charge is 2.48. The average Bonchev–Trinajstić information content (AvgIpc) is 1.65. The lowest BCUT2D eigenvalue weighted by Gasteiger charge is -2.46. The largest absolute Gasteiger partial charge is 0.310 e. The molecule has 2 aromatic heterocycles. The van der Waals surface area contributed by atoms with E-state index in [1.54, 1.807) is 0 Å². The molecule has 2 aliphatic rings. The lowest BCUT2D eigenvalue weighted by molar-refractivity contribution is 0.567. The van der Waals surface area contributed by atoms with E-state index in [1.807, 2.05) is 0 Å². The Bertz CT molecular complexity index is 6230. The van der Waals surface area contributed by atoms with Gasteiger partial charge in [0.15, 0.2) is 0 Å². The number of hydrogen-bond acceptors (Lipinski definition) is 2. The number of aromatic nitrogens is 2. The molecule has 0 fully saturated rings. The highest BCUT2D eigenvalue weighted by Crippen LogP contribution is 2.57. The van der Waals surface area contributed by atoms with Crippen LogP contribution in [0.4, 0.5) is 34.1 Å². The van der Waals surface area contributed by atoms with Gasteiger partial charge in [0.25, 0.3) is 6.71 Å². The molecule has 0 atom stereocenters. The molecule has 0 radical (unpaired) electrons. The van der Waals surface area contributed by atoms with Crippen molar-refractivity contribution in [2.75, 3.05) is 9.80 Å². The van der Waals surface area contributed by atoms with E-state index in [2.05, 4.69) is 441 Å². The summed E-state index contributed by atoms with van der Waals surface area (Å²) in [5, 5.41) is 4.81. The monoisotopic (exact) mass is 1470 g/mol. The predicted octanol–water partition coefficient (Wildman–Crippen LogP) is 28.1. The average molecular weight is 1470 g/mol. The smallest absolute Gasteiger partial charge is 0.252 e. The molecule has 113 heavy (non-hydrogen) atoms. The Morgan fingerprint density at radius 1 is 0.221 bits per heavy atom. The highest BCUT2D eigenvalue weighted by atomic mass is 15.2. The van der Waals surface area contributed by atoms with Crippen LogP contribution in [-0.4, -0.2) is 15.8 Å². The first kappa shape index (κ1) is 72.9. The number of rotatable bonds is 9. The first-order chi connectivity index (χ1) is 53.9. The van der Waals surface area contributed by atoms with Crippen molar-refractivity contribution >= 4 is 101 Å². The standard InChI is InChI=1S/C108H103BN4/c1-103(2,3)74-55-73(56-75(58-74)104(4,5)6)72-51-52-89-95(57-72)112(100-85(68-37-23-19-24-38-68)62-78(107(13,14)15)63-86(100)69-39-25-20-26-40-69)96-66-81(110-91-48-34-31-45-82(91)83-46-32-35-49-92(83)110)67-97-99(96)109(89)90-53-54-94-98(84-47-33-36-50-93(84)111(94)80-60-76(105(7,8)9)59-77(61-80)106(10,11)12)102(90)113(97)101-87(70-41-27-21-28-42-70)64-79(108(16,17)18)65-88(101)71-43-29-22-30-44-71/h19-67H,1-18H3. The number of hydrogen-bond donors (Lipinski definition) is 0. The molecule has 0 unspecified atom stereocenters. The van der Waals surface area contributed by atoms with E-state index in [0.29, 0.717) is 0 Å². The summed E-state index contributed by atoms with van der Waals surface area (Å²) in [6, 6.07) is 116. The Morgan fingerprint density at radius 2 is 0.549 bits per heavy atom.